The molecule has 0 aliphatic rings. The lowest BCUT2D eigenvalue weighted by molar-refractivity contribution is 0.412. The van der Waals surface area contributed by atoms with Crippen molar-refractivity contribution < 1.29 is 9.47 Å². The fourth-order valence-electron chi connectivity index (χ4n) is 8.96. The van der Waals surface area contributed by atoms with Crippen molar-refractivity contribution in [2.24, 2.45) is 0 Å². The Morgan fingerprint density at radius 1 is 0.446 bits per heavy atom. The second-order valence-corrected chi connectivity index (χ2v) is 21.5. The molecule has 292 valence electrons. The molecular weight excluding hydrogens is 767 g/mol. The normalized spacial score (nSPS) is 11.6. The monoisotopic (exact) mass is 826 g/mol. The Morgan fingerprint density at radius 2 is 0.821 bits per heavy atom. The van der Waals surface area contributed by atoms with Crippen molar-refractivity contribution in [2.75, 3.05) is 14.2 Å². The van der Waals surface area contributed by atoms with E-state index in [1.165, 1.54) is 83.2 Å². The lowest BCUT2D eigenvalue weighted by atomic mass is 9.86. The van der Waals surface area contributed by atoms with Gasteiger partial charge in [-0.1, -0.05) is 147 Å². The lowest BCUT2D eigenvalue weighted by Gasteiger charge is -2.43. The average Bonchev–Trinajstić information content (AvgIpc) is 3.12. The van der Waals surface area contributed by atoms with E-state index >= 15 is 0 Å². The van der Waals surface area contributed by atoms with E-state index in [2.05, 4.69) is 196 Å². The molecule has 0 radical (unpaired) electrons. The summed E-state index contributed by atoms with van der Waals surface area (Å²) in [6.45, 7) is 27.6. The molecule has 0 fully saturated rings. The summed E-state index contributed by atoms with van der Waals surface area (Å²) in [5.41, 5.74) is 18.2. The molecule has 0 unspecified atom stereocenters. The highest BCUT2D eigenvalue weighted by molar-refractivity contribution is 9.10. The lowest BCUT2D eigenvalue weighted by Crippen LogP contribution is -2.32. The maximum Gasteiger partial charge on any atom is 0.133 e. The number of methoxy groups -OCH3 is 2. The van der Waals surface area contributed by atoms with E-state index in [9.17, 15) is 0 Å². The van der Waals surface area contributed by atoms with E-state index in [1.807, 2.05) is 19.2 Å². The van der Waals surface area contributed by atoms with Crippen LogP contribution >= 0.6 is 23.9 Å². The van der Waals surface area contributed by atoms with Gasteiger partial charge in [-0.25, -0.2) is 0 Å². The first-order chi connectivity index (χ1) is 26.4. The minimum absolute atomic E-state index is 0.145. The van der Waals surface area contributed by atoms with Gasteiger partial charge in [0.15, 0.2) is 0 Å². The molecule has 0 aliphatic carbocycles. The van der Waals surface area contributed by atoms with Crippen molar-refractivity contribution in [1.29, 1.82) is 0 Å². The van der Waals surface area contributed by atoms with Crippen LogP contribution in [0.3, 0.4) is 0 Å². The Labute approximate surface area is 347 Å². The van der Waals surface area contributed by atoms with Crippen molar-refractivity contribution in [3.63, 3.8) is 0 Å². The Balaban J connectivity index is 0.000000223. The summed E-state index contributed by atoms with van der Waals surface area (Å²) in [6, 6.07) is 38.8. The molecule has 6 aromatic rings. The number of benzene rings is 6. The molecule has 0 aliphatic heterocycles. The second-order valence-electron chi connectivity index (χ2n) is 16.9. The third kappa shape index (κ3) is 8.86. The van der Waals surface area contributed by atoms with Gasteiger partial charge in [0.05, 0.1) is 18.7 Å². The van der Waals surface area contributed by atoms with Crippen LogP contribution in [-0.4, -0.2) is 24.5 Å². The molecule has 4 heteroatoms. The standard InChI is InChI=1S/C30H39OP.C22H21BrO/c1-20-19-21(2)27(22(3)26(20)23-15-12-11-13-16-23)24-17-14-18-25(31-10)28(24)32(29(4,5)6)30(7,8)9;1-14-13-15(2)21(18-11-8-12-19(24-4)22(18)23)16(3)20(14)17-9-6-5-7-10-17/h11-19H,1-10H3;5-13H,1-4H3. The maximum atomic E-state index is 6.01. The molecule has 0 amide bonds. The fraction of sp³-hybridized carbons (Fsp3) is 0.308. The van der Waals surface area contributed by atoms with Gasteiger partial charge >= 0.3 is 0 Å². The molecule has 0 N–H and O–H groups in total. The molecule has 0 spiro atoms. The highest BCUT2D eigenvalue weighted by Crippen LogP contribution is 2.61. The number of hydrogen-bond acceptors (Lipinski definition) is 2. The smallest absolute Gasteiger partial charge is 0.133 e. The molecule has 0 saturated carbocycles. The van der Waals surface area contributed by atoms with Gasteiger partial charge in [-0.15, -0.1) is 0 Å². The van der Waals surface area contributed by atoms with Gasteiger partial charge < -0.3 is 9.47 Å². The Morgan fingerprint density at radius 3 is 1.23 bits per heavy atom. The summed E-state index contributed by atoms with van der Waals surface area (Å²) < 4.78 is 12.5. The molecule has 0 aromatic heterocycles. The van der Waals surface area contributed by atoms with E-state index in [0.29, 0.717) is 0 Å². The van der Waals surface area contributed by atoms with Crippen LogP contribution in [0.1, 0.15) is 74.9 Å². The van der Waals surface area contributed by atoms with Crippen molar-refractivity contribution in [3.8, 4) is 56.0 Å². The topological polar surface area (TPSA) is 18.5 Å². The average molecular weight is 828 g/mol. The van der Waals surface area contributed by atoms with Gasteiger partial charge in [-0.3, -0.25) is 0 Å². The number of halogens is 1. The van der Waals surface area contributed by atoms with Crippen molar-refractivity contribution >= 4 is 29.2 Å². The third-order valence-electron chi connectivity index (χ3n) is 10.6. The molecule has 0 atom stereocenters. The van der Waals surface area contributed by atoms with Gasteiger partial charge in [0.25, 0.3) is 0 Å². The predicted molar refractivity (Wildman–Crippen MR) is 250 cm³/mol. The van der Waals surface area contributed by atoms with Gasteiger partial charge in [-0.05, 0) is 152 Å². The minimum atomic E-state index is -0.530. The van der Waals surface area contributed by atoms with Crippen LogP contribution < -0.4 is 14.8 Å². The van der Waals surface area contributed by atoms with Crippen LogP contribution in [0.25, 0.3) is 44.5 Å². The van der Waals surface area contributed by atoms with Gasteiger partial charge in [0.1, 0.15) is 11.5 Å². The zero-order chi connectivity index (χ0) is 41.1. The highest BCUT2D eigenvalue weighted by atomic mass is 79.9. The van der Waals surface area contributed by atoms with Crippen LogP contribution in [0.2, 0.25) is 0 Å². The molecule has 56 heavy (non-hydrogen) atoms. The van der Waals surface area contributed by atoms with Crippen LogP contribution in [0.5, 0.6) is 11.5 Å². The third-order valence-corrected chi connectivity index (χ3v) is 15.0. The summed E-state index contributed by atoms with van der Waals surface area (Å²) in [4.78, 5) is 0. The molecule has 6 aromatic carbocycles. The number of aryl methyl sites for hydroxylation is 4. The number of ether oxygens (including phenoxy) is 2. The zero-order valence-corrected chi connectivity index (χ0v) is 38.5. The Hall–Kier alpha value is -4.17. The Kier molecular flexibility index (Phi) is 13.5. The number of rotatable bonds is 7. The van der Waals surface area contributed by atoms with Gasteiger partial charge in [0.2, 0.25) is 0 Å². The zero-order valence-electron chi connectivity index (χ0n) is 36.0. The summed E-state index contributed by atoms with van der Waals surface area (Å²) in [5, 5.41) is 1.68. The first-order valence-corrected chi connectivity index (χ1v) is 21.7. The van der Waals surface area contributed by atoms with Crippen LogP contribution in [0.4, 0.5) is 0 Å². The highest BCUT2D eigenvalue weighted by Gasteiger charge is 2.39. The van der Waals surface area contributed by atoms with E-state index in [1.54, 1.807) is 7.11 Å². The van der Waals surface area contributed by atoms with E-state index < -0.39 is 7.92 Å². The summed E-state index contributed by atoms with van der Waals surface area (Å²) in [6.07, 6.45) is 0. The van der Waals surface area contributed by atoms with Gasteiger partial charge in [0, 0.05) is 10.9 Å². The minimum Gasteiger partial charge on any atom is -0.496 e. The molecule has 0 saturated heterocycles. The first kappa shape index (κ1) is 43.0. The second kappa shape index (κ2) is 17.5. The van der Waals surface area contributed by atoms with Crippen LogP contribution in [0.15, 0.2) is 114 Å². The van der Waals surface area contributed by atoms with Crippen LogP contribution in [0, 0.1) is 41.5 Å². The molecule has 0 bridgehead atoms. The Bertz CT molecular complexity index is 2300. The van der Waals surface area contributed by atoms with E-state index in [-0.39, 0.29) is 10.3 Å². The summed E-state index contributed by atoms with van der Waals surface area (Å²) in [7, 11) is 2.98. The van der Waals surface area contributed by atoms with Crippen LogP contribution in [-0.2, 0) is 0 Å². The van der Waals surface area contributed by atoms with Crippen molar-refractivity contribution in [2.45, 2.75) is 93.4 Å². The molecular formula is C52H60BrO2P. The molecule has 6 rings (SSSR count). The fourth-order valence-corrected chi connectivity index (χ4v) is 13.7. The van der Waals surface area contributed by atoms with Crippen molar-refractivity contribution in [1.82, 2.24) is 0 Å². The summed E-state index contributed by atoms with van der Waals surface area (Å²) >= 11 is 3.72. The summed E-state index contributed by atoms with van der Waals surface area (Å²) in [5.74, 6) is 1.87. The van der Waals surface area contributed by atoms with E-state index in [4.69, 9.17) is 9.47 Å². The molecule has 0 heterocycles. The predicted octanol–water partition coefficient (Wildman–Crippen LogP) is 15.4. The number of hydrogen-bond donors (Lipinski definition) is 0. The maximum absolute atomic E-state index is 6.01. The first-order valence-electron chi connectivity index (χ1n) is 19.5. The van der Waals surface area contributed by atoms with E-state index in [0.717, 1.165) is 16.0 Å². The quantitative estimate of drug-likeness (QED) is 0.149. The molecule has 2 nitrogen and oxygen atoms in total. The van der Waals surface area contributed by atoms with Gasteiger partial charge in [-0.2, -0.15) is 0 Å². The SMILES string of the molecule is COc1cccc(-c2c(C)cc(C)c(-c3ccccc3)c2C)c1Br.COc1cccc(-c2c(C)cc(C)c(-c3ccccc3)c2C)c1P(C(C)(C)C)C(C)(C)C. The van der Waals surface area contributed by atoms with Crippen molar-refractivity contribution in [3.05, 3.63) is 147 Å². The largest absolute Gasteiger partial charge is 0.496 e.